The lowest BCUT2D eigenvalue weighted by Gasteiger charge is -2.05. The molecule has 0 spiro atoms. The normalized spacial score (nSPS) is 10.4. The fourth-order valence-corrected chi connectivity index (χ4v) is 1.89. The maximum Gasteiger partial charge on any atom is 0.0411 e. The van der Waals surface area contributed by atoms with Gasteiger partial charge in [-0.05, 0) is 54.6 Å². The molecule has 84 valence electrons. The third kappa shape index (κ3) is 3.61. The third-order valence-corrected chi connectivity index (χ3v) is 2.52. The van der Waals surface area contributed by atoms with Gasteiger partial charge in [0, 0.05) is 16.5 Å². The van der Waals surface area contributed by atoms with Crippen LogP contribution in [0, 0.1) is 13.8 Å². The quantitative estimate of drug-likeness (QED) is 0.315. The number of azide groups is 1. The zero-order valence-corrected chi connectivity index (χ0v) is 10.2. The van der Waals surface area contributed by atoms with Crippen molar-refractivity contribution >= 4 is 17.7 Å². The molecule has 0 aliphatic carbocycles. The minimum absolute atomic E-state index is 0.499. The van der Waals surface area contributed by atoms with Gasteiger partial charge >= 0.3 is 0 Å². The molecule has 0 saturated carbocycles. The van der Waals surface area contributed by atoms with Gasteiger partial charge in [0.2, 0.25) is 0 Å². The summed E-state index contributed by atoms with van der Waals surface area (Å²) < 4.78 is 0. The average molecular weight is 236 g/mol. The number of benzene rings is 1. The van der Waals surface area contributed by atoms with Crippen LogP contribution in [0.2, 0.25) is 5.02 Å². The van der Waals surface area contributed by atoms with E-state index in [9.17, 15) is 0 Å². The molecule has 0 fully saturated rings. The van der Waals surface area contributed by atoms with Gasteiger partial charge in [0.25, 0.3) is 0 Å². The molecule has 4 heteroatoms. The molecule has 1 aromatic carbocycles. The number of halogens is 1. The molecule has 1 aromatic rings. The van der Waals surface area contributed by atoms with Crippen LogP contribution < -0.4 is 0 Å². The van der Waals surface area contributed by atoms with Crippen molar-refractivity contribution in [1.82, 2.24) is 0 Å². The predicted octanol–water partition coefficient (Wildman–Crippen LogP) is 4.67. The molecule has 16 heavy (non-hydrogen) atoms. The third-order valence-electron chi connectivity index (χ3n) is 2.30. The summed E-state index contributed by atoms with van der Waals surface area (Å²) in [5.74, 6) is 0. The van der Waals surface area contributed by atoms with Gasteiger partial charge in [0.15, 0.2) is 0 Å². The first kappa shape index (κ1) is 12.6. The molecule has 0 atom stereocenters. The fourth-order valence-electron chi connectivity index (χ4n) is 1.56. The van der Waals surface area contributed by atoms with Gasteiger partial charge in [0.1, 0.15) is 0 Å². The second-order valence-corrected chi connectivity index (χ2v) is 4.04. The molecule has 0 bridgehead atoms. The number of hydrogen-bond donors (Lipinski definition) is 0. The van der Waals surface area contributed by atoms with Crippen LogP contribution in [0.25, 0.3) is 16.5 Å². The molecule has 3 nitrogen and oxygen atoms in total. The van der Waals surface area contributed by atoms with Crippen molar-refractivity contribution in [1.29, 1.82) is 0 Å². The summed E-state index contributed by atoms with van der Waals surface area (Å²) in [4.78, 5) is 2.70. The standard InChI is InChI=1S/C12H14ClN3/c1-9-7-11(13)8-10(2)12(9)5-3-4-6-15-16-14/h3,5,7-8H,4,6H2,1-2H3. The van der Waals surface area contributed by atoms with E-state index in [1.807, 2.05) is 38.1 Å². The van der Waals surface area contributed by atoms with Crippen LogP contribution in [0.15, 0.2) is 23.3 Å². The van der Waals surface area contributed by atoms with E-state index >= 15 is 0 Å². The molecular formula is C12H14ClN3. The van der Waals surface area contributed by atoms with Crippen LogP contribution in [0.5, 0.6) is 0 Å². The van der Waals surface area contributed by atoms with Crippen molar-refractivity contribution in [2.75, 3.05) is 6.54 Å². The summed E-state index contributed by atoms with van der Waals surface area (Å²) in [6, 6.07) is 3.89. The first-order chi connectivity index (χ1) is 7.65. The zero-order valence-electron chi connectivity index (χ0n) is 9.44. The van der Waals surface area contributed by atoms with Gasteiger partial charge in [-0.3, -0.25) is 0 Å². The highest BCUT2D eigenvalue weighted by molar-refractivity contribution is 6.30. The average Bonchev–Trinajstić information content (AvgIpc) is 2.20. The van der Waals surface area contributed by atoms with Crippen LogP contribution in [-0.2, 0) is 0 Å². The summed E-state index contributed by atoms with van der Waals surface area (Å²) in [7, 11) is 0. The summed E-state index contributed by atoms with van der Waals surface area (Å²) >= 11 is 5.95. The smallest absolute Gasteiger partial charge is 0.0411 e. The Kier molecular flexibility index (Phi) is 4.90. The number of rotatable bonds is 4. The summed E-state index contributed by atoms with van der Waals surface area (Å²) in [5, 5.41) is 4.24. The van der Waals surface area contributed by atoms with Gasteiger partial charge in [-0.25, -0.2) is 0 Å². The number of hydrogen-bond acceptors (Lipinski definition) is 1. The highest BCUT2D eigenvalue weighted by atomic mass is 35.5. The Hall–Kier alpha value is -1.44. The van der Waals surface area contributed by atoms with Crippen molar-refractivity contribution in [3.8, 4) is 0 Å². The van der Waals surface area contributed by atoms with Crippen molar-refractivity contribution in [2.24, 2.45) is 5.11 Å². The summed E-state index contributed by atoms with van der Waals surface area (Å²) in [6.07, 6.45) is 4.82. The lowest BCUT2D eigenvalue weighted by molar-refractivity contribution is 0.995. The van der Waals surface area contributed by atoms with Gasteiger partial charge in [-0.1, -0.05) is 28.9 Å². The summed E-state index contributed by atoms with van der Waals surface area (Å²) in [6.45, 7) is 4.57. The van der Waals surface area contributed by atoms with Gasteiger partial charge in [-0.2, -0.15) is 0 Å². The second kappa shape index (κ2) is 6.21. The van der Waals surface area contributed by atoms with E-state index in [2.05, 4.69) is 10.0 Å². The van der Waals surface area contributed by atoms with E-state index in [0.29, 0.717) is 6.54 Å². The largest absolute Gasteiger partial charge is 0.0937 e. The lowest BCUT2D eigenvalue weighted by Crippen LogP contribution is -1.86. The van der Waals surface area contributed by atoms with E-state index in [1.165, 1.54) is 5.56 Å². The molecule has 0 aliphatic heterocycles. The van der Waals surface area contributed by atoms with E-state index in [1.54, 1.807) is 0 Å². The molecule has 0 radical (unpaired) electrons. The van der Waals surface area contributed by atoms with Gasteiger partial charge in [0.05, 0.1) is 0 Å². The minimum Gasteiger partial charge on any atom is -0.0937 e. The zero-order chi connectivity index (χ0) is 12.0. The molecule has 0 amide bonds. The van der Waals surface area contributed by atoms with E-state index < -0.39 is 0 Å². The Morgan fingerprint density at radius 1 is 1.38 bits per heavy atom. The van der Waals surface area contributed by atoms with Crippen molar-refractivity contribution in [3.63, 3.8) is 0 Å². The van der Waals surface area contributed by atoms with E-state index in [4.69, 9.17) is 17.1 Å². The van der Waals surface area contributed by atoms with Gasteiger partial charge in [-0.15, -0.1) is 0 Å². The molecule has 0 heterocycles. The highest BCUT2D eigenvalue weighted by Crippen LogP contribution is 2.21. The SMILES string of the molecule is Cc1cc(Cl)cc(C)c1C=CCCN=[N+]=[N-]. The second-order valence-electron chi connectivity index (χ2n) is 3.60. The van der Waals surface area contributed by atoms with Crippen LogP contribution in [0.1, 0.15) is 23.1 Å². The molecule has 0 unspecified atom stereocenters. The fraction of sp³-hybridized carbons (Fsp3) is 0.333. The van der Waals surface area contributed by atoms with Crippen LogP contribution in [0.4, 0.5) is 0 Å². The number of nitrogens with zero attached hydrogens (tertiary/aromatic N) is 3. The molecule has 0 aliphatic rings. The van der Waals surface area contributed by atoms with E-state index in [0.717, 1.165) is 22.6 Å². The van der Waals surface area contributed by atoms with Crippen LogP contribution in [-0.4, -0.2) is 6.54 Å². The van der Waals surface area contributed by atoms with Crippen molar-refractivity contribution in [2.45, 2.75) is 20.3 Å². The first-order valence-electron chi connectivity index (χ1n) is 5.09. The highest BCUT2D eigenvalue weighted by Gasteiger charge is 2.00. The topological polar surface area (TPSA) is 48.8 Å². The summed E-state index contributed by atoms with van der Waals surface area (Å²) in [5.41, 5.74) is 11.6. The maximum absolute atomic E-state index is 8.12. The van der Waals surface area contributed by atoms with Crippen molar-refractivity contribution in [3.05, 3.63) is 50.4 Å². The Morgan fingerprint density at radius 2 is 2.00 bits per heavy atom. The van der Waals surface area contributed by atoms with Crippen LogP contribution >= 0.6 is 11.6 Å². The van der Waals surface area contributed by atoms with Crippen molar-refractivity contribution < 1.29 is 0 Å². The lowest BCUT2D eigenvalue weighted by atomic mass is 10.0. The van der Waals surface area contributed by atoms with Gasteiger partial charge < -0.3 is 0 Å². The molecule has 0 aromatic heterocycles. The Labute approximate surface area is 100 Å². The molecule has 0 saturated heterocycles. The Balaban J connectivity index is 2.77. The number of aryl methyl sites for hydroxylation is 2. The molecular weight excluding hydrogens is 222 g/mol. The van der Waals surface area contributed by atoms with E-state index in [-0.39, 0.29) is 0 Å². The predicted molar refractivity (Wildman–Crippen MR) is 68.6 cm³/mol. The monoisotopic (exact) mass is 235 g/mol. The van der Waals surface area contributed by atoms with Crippen LogP contribution in [0.3, 0.4) is 0 Å². The Bertz CT molecular complexity index is 423. The molecule has 0 N–H and O–H groups in total. The minimum atomic E-state index is 0.499. The Morgan fingerprint density at radius 3 is 2.56 bits per heavy atom. The molecule has 1 rings (SSSR count). The first-order valence-corrected chi connectivity index (χ1v) is 5.47. The maximum atomic E-state index is 8.12.